The van der Waals surface area contributed by atoms with Gasteiger partial charge in [-0.3, -0.25) is 9.59 Å². The van der Waals surface area contributed by atoms with Crippen LogP contribution in [0.2, 0.25) is 0 Å². The van der Waals surface area contributed by atoms with E-state index in [1.807, 2.05) is 0 Å². The lowest BCUT2D eigenvalue weighted by molar-refractivity contribution is -0.118. The molecule has 2 rings (SSSR count). The monoisotopic (exact) mass is 287 g/mol. The van der Waals surface area contributed by atoms with Gasteiger partial charge >= 0.3 is 0 Å². The molecule has 1 N–H and O–H groups in total. The number of benzene rings is 2. The molecule has 0 spiro atoms. The number of carbonyl (C=O) groups is 2. The lowest BCUT2D eigenvalue weighted by Crippen LogP contribution is -2.21. The van der Waals surface area contributed by atoms with Crippen molar-refractivity contribution in [1.82, 2.24) is 0 Å². The van der Waals surface area contributed by atoms with E-state index < -0.39 is 11.7 Å². The standard InChI is InChI=1S/C16H14FNO3/c1-11-6-7-14(13(17)8-11)18-16(20)10-21-15-5-3-2-4-12(15)9-19/h2-9H,10H2,1H3,(H,18,20). The minimum absolute atomic E-state index is 0.0953. The van der Waals surface area contributed by atoms with E-state index in [2.05, 4.69) is 5.32 Å². The van der Waals surface area contributed by atoms with Gasteiger partial charge in [-0.25, -0.2) is 4.39 Å². The Morgan fingerprint density at radius 3 is 2.76 bits per heavy atom. The van der Waals surface area contributed by atoms with E-state index in [9.17, 15) is 14.0 Å². The Morgan fingerprint density at radius 1 is 1.29 bits per heavy atom. The molecule has 5 heteroatoms. The molecule has 108 valence electrons. The predicted octanol–water partition coefficient (Wildman–Crippen LogP) is 2.96. The fourth-order valence-corrected chi connectivity index (χ4v) is 1.76. The molecule has 0 saturated carbocycles. The molecule has 0 radical (unpaired) electrons. The summed E-state index contributed by atoms with van der Waals surface area (Å²) in [5.41, 5.74) is 1.21. The zero-order chi connectivity index (χ0) is 15.2. The van der Waals surface area contributed by atoms with Gasteiger partial charge in [0.2, 0.25) is 0 Å². The summed E-state index contributed by atoms with van der Waals surface area (Å²) in [6.07, 6.45) is 0.646. The summed E-state index contributed by atoms with van der Waals surface area (Å²) in [7, 11) is 0. The lowest BCUT2D eigenvalue weighted by atomic mass is 10.2. The van der Waals surface area contributed by atoms with E-state index in [0.717, 1.165) is 5.56 Å². The van der Waals surface area contributed by atoms with Crippen LogP contribution in [0.3, 0.4) is 0 Å². The third kappa shape index (κ3) is 3.89. The fourth-order valence-electron chi connectivity index (χ4n) is 1.76. The Morgan fingerprint density at radius 2 is 2.05 bits per heavy atom. The molecule has 0 heterocycles. The molecular weight excluding hydrogens is 273 g/mol. The molecule has 4 nitrogen and oxygen atoms in total. The highest BCUT2D eigenvalue weighted by atomic mass is 19.1. The van der Waals surface area contributed by atoms with Crippen molar-refractivity contribution in [2.45, 2.75) is 6.92 Å². The average molecular weight is 287 g/mol. The van der Waals surface area contributed by atoms with Crippen molar-refractivity contribution in [3.8, 4) is 5.75 Å². The number of para-hydroxylation sites is 1. The highest BCUT2D eigenvalue weighted by Crippen LogP contribution is 2.17. The first-order valence-corrected chi connectivity index (χ1v) is 6.33. The van der Waals surface area contributed by atoms with Crippen molar-refractivity contribution in [2.75, 3.05) is 11.9 Å². The number of aryl methyl sites for hydroxylation is 1. The summed E-state index contributed by atoms with van der Waals surface area (Å²) in [6, 6.07) is 11.1. The van der Waals surface area contributed by atoms with Gasteiger partial charge in [-0.2, -0.15) is 0 Å². The summed E-state index contributed by atoms with van der Waals surface area (Å²) in [6.45, 7) is 1.45. The maximum absolute atomic E-state index is 13.6. The normalized spacial score (nSPS) is 10.0. The zero-order valence-corrected chi connectivity index (χ0v) is 11.4. The van der Waals surface area contributed by atoms with Gasteiger partial charge in [0.25, 0.3) is 5.91 Å². The van der Waals surface area contributed by atoms with E-state index in [-0.39, 0.29) is 12.3 Å². The first kappa shape index (κ1) is 14.7. The van der Waals surface area contributed by atoms with Crippen LogP contribution in [0.5, 0.6) is 5.75 Å². The molecule has 1 amide bonds. The first-order valence-electron chi connectivity index (χ1n) is 6.33. The SMILES string of the molecule is Cc1ccc(NC(=O)COc2ccccc2C=O)c(F)c1. The summed E-state index contributed by atoms with van der Waals surface area (Å²) in [5.74, 6) is -0.692. The molecule has 0 fully saturated rings. The minimum atomic E-state index is -0.503. The lowest BCUT2D eigenvalue weighted by Gasteiger charge is -2.09. The Labute approximate surface area is 121 Å². The van der Waals surface area contributed by atoms with Gasteiger partial charge in [-0.1, -0.05) is 18.2 Å². The van der Waals surface area contributed by atoms with E-state index in [1.165, 1.54) is 12.1 Å². The quantitative estimate of drug-likeness (QED) is 0.860. The Bertz CT molecular complexity index is 670. The number of carbonyl (C=O) groups excluding carboxylic acids is 2. The van der Waals surface area contributed by atoms with E-state index in [1.54, 1.807) is 37.3 Å². The van der Waals surface area contributed by atoms with Crippen LogP contribution < -0.4 is 10.1 Å². The molecule has 0 saturated heterocycles. The van der Waals surface area contributed by atoms with Crippen LogP contribution >= 0.6 is 0 Å². The van der Waals surface area contributed by atoms with Crippen molar-refractivity contribution in [2.24, 2.45) is 0 Å². The summed E-state index contributed by atoms with van der Waals surface area (Å²) < 4.78 is 18.9. The largest absolute Gasteiger partial charge is 0.483 e. The van der Waals surface area contributed by atoms with E-state index in [4.69, 9.17) is 4.74 Å². The molecule has 21 heavy (non-hydrogen) atoms. The van der Waals surface area contributed by atoms with Gasteiger partial charge in [0.15, 0.2) is 12.9 Å². The van der Waals surface area contributed by atoms with Crippen molar-refractivity contribution in [3.05, 3.63) is 59.4 Å². The molecule has 0 unspecified atom stereocenters. The van der Waals surface area contributed by atoms with Gasteiger partial charge in [-0.15, -0.1) is 0 Å². The molecule has 2 aromatic carbocycles. The third-order valence-corrected chi connectivity index (χ3v) is 2.80. The number of anilines is 1. The second-order valence-electron chi connectivity index (χ2n) is 4.48. The molecule has 0 bridgehead atoms. The number of ether oxygens (including phenoxy) is 1. The summed E-state index contributed by atoms with van der Waals surface area (Å²) in [4.78, 5) is 22.5. The van der Waals surface area contributed by atoms with Crippen LogP contribution in [-0.2, 0) is 4.79 Å². The van der Waals surface area contributed by atoms with E-state index >= 15 is 0 Å². The molecule has 0 aliphatic carbocycles. The van der Waals surface area contributed by atoms with Gasteiger partial charge < -0.3 is 10.1 Å². The average Bonchev–Trinajstić information content (AvgIpc) is 2.48. The van der Waals surface area contributed by atoms with Crippen LogP contribution in [0.4, 0.5) is 10.1 Å². The van der Waals surface area contributed by atoms with Crippen LogP contribution in [0, 0.1) is 12.7 Å². The van der Waals surface area contributed by atoms with Crippen LogP contribution in [-0.4, -0.2) is 18.8 Å². The second kappa shape index (κ2) is 6.65. The maximum Gasteiger partial charge on any atom is 0.262 e. The minimum Gasteiger partial charge on any atom is -0.483 e. The number of hydrogen-bond acceptors (Lipinski definition) is 3. The Balaban J connectivity index is 1.97. The first-order chi connectivity index (χ1) is 10.1. The van der Waals surface area contributed by atoms with Gasteiger partial charge in [0.05, 0.1) is 11.3 Å². The molecule has 2 aromatic rings. The predicted molar refractivity (Wildman–Crippen MR) is 77.1 cm³/mol. The second-order valence-corrected chi connectivity index (χ2v) is 4.48. The number of hydrogen-bond donors (Lipinski definition) is 1. The maximum atomic E-state index is 13.6. The zero-order valence-electron chi connectivity index (χ0n) is 11.4. The number of aldehydes is 1. The third-order valence-electron chi connectivity index (χ3n) is 2.80. The van der Waals surface area contributed by atoms with Gasteiger partial charge in [0.1, 0.15) is 11.6 Å². The summed E-state index contributed by atoms with van der Waals surface area (Å²) in [5, 5.41) is 2.42. The molecule has 0 aromatic heterocycles. The van der Waals surface area contributed by atoms with Crippen molar-refractivity contribution in [1.29, 1.82) is 0 Å². The van der Waals surface area contributed by atoms with E-state index in [0.29, 0.717) is 17.6 Å². The number of amides is 1. The molecule has 0 atom stereocenters. The highest BCUT2D eigenvalue weighted by molar-refractivity contribution is 5.92. The highest BCUT2D eigenvalue weighted by Gasteiger charge is 2.09. The number of rotatable bonds is 5. The van der Waals surface area contributed by atoms with Crippen LogP contribution in [0.15, 0.2) is 42.5 Å². The van der Waals surface area contributed by atoms with Gasteiger partial charge in [-0.05, 0) is 36.8 Å². The van der Waals surface area contributed by atoms with Crippen LogP contribution in [0.1, 0.15) is 15.9 Å². The Hall–Kier alpha value is -2.69. The summed E-state index contributed by atoms with van der Waals surface area (Å²) >= 11 is 0. The van der Waals surface area contributed by atoms with Crippen molar-refractivity contribution < 1.29 is 18.7 Å². The number of halogens is 1. The molecule has 0 aliphatic rings. The van der Waals surface area contributed by atoms with Gasteiger partial charge in [0, 0.05) is 0 Å². The topological polar surface area (TPSA) is 55.4 Å². The number of nitrogens with one attached hydrogen (secondary N) is 1. The van der Waals surface area contributed by atoms with Crippen molar-refractivity contribution >= 4 is 17.9 Å². The smallest absolute Gasteiger partial charge is 0.262 e. The molecule has 0 aliphatic heterocycles. The van der Waals surface area contributed by atoms with Crippen LogP contribution in [0.25, 0.3) is 0 Å². The molecular formula is C16H14FNO3. The van der Waals surface area contributed by atoms with Crippen molar-refractivity contribution in [3.63, 3.8) is 0 Å². The fraction of sp³-hybridized carbons (Fsp3) is 0.125. The Kier molecular flexibility index (Phi) is 4.66.